The van der Waals surface area contributed by atoms with Gasteiger partial charge in [0, 0.05) is 18.5 Å². The fourth-order valence-corrected chi connectivity index (χ4v) is 2.34. The minimum Gasteiger partial charge on any atom is -0.497 e. The van der Waals surface area contributed by atoms with Crippen LogP contribution in [0.4, 0.5) is 0 Å². The number of hydrogen-bond donors (Lipinski definition) is 0. The molecule has 0 unspecified atom stereocenters. The Bertz CT molecular complexity index is 818. The Kier molecular flexibility index (Phi) is 2.60. The quantitative estimate of drug-likeness (QED) is 0.573. The third-order valence-electron chi connectivity index (χ3n) is 3.36. The third kappa shape index (κ3) is 1.61. The van der Waals surface area contributed by atoms with E-state index in [0.29, 0.717) is 16.7 Å². The summed E-state index contributed by atoms with van der Waals surface area (Å²) in [6, 6.07) is 5.00. The lowest BCUT2D eigenvalue weighted by atomic mass is 10.0. The highest BCUT2D eigenvalue weighted by Crippen LogP contribution is 2.32. The molecule has 6 heteroatoms. The summed E-state index contributed by atoms with van der Waals surface area (Å²) in [5, 5.41) is 0.532. The molecule has 0 saturated heterocycles. The summed E-state index contributed by atoms with van der Waals surface area (Å²) in [5.74, 6) is -0.532. The van der Waals surface area contributed by atoms with Crippen LogP contribution in [0.5, 0.6) is 11.5 Å². The summed E-state index contributed by atoms with van der Waals surface area (Å²) in [5.41, 5.74) is -0.00128. The van der Waals surface area contributed by atoms with E-state index in [1.165, 1.54) is 11.7 Å². The Hall–Kier alpha value is -2.63. The first-order valence-corrected chi connectivity index (χ1v) is 5.97. The highest BCUT2D eigenvalue weighted by atomic mass is 16.5. The Balaban J connectivity index is 2.46. The molecule has 20 heavy (non-hydrogen) atoms. The van der Waals surface area contributed by atoms with E-state index in [9.17, 15) is 14.4 Å². The molecule has 2 aromatic rings. The van der Waals surface area contributed by atoms with Crippen LogP contribution in [0, 0.1) is 0 Å². The molecule has 0 aliphatic carbocycles. The summed E-state index contributed by atoms with van der Waals surface area (Å²) in [6.45, 7) is 0. The van der Waals surface area contributed by atoms with Crippen LogP contribution in [-0.2, 0) is 11.8 Å². The molecule has 1 aliphatic heterocycles. The summed E-state index contributed by atoms with van der Waals surface area (Å²) < 4.78 is 11.6. The molecule has 1 aromatic carbocycles. The molecular weight excluding hydrogens is 262 g/mol. The first kappa shape index (κ1) is 12.4. The van der Waals surface area contributed by atoms with Gasteiger partial charge in [0.2, 0.25) is 0 Å². The van der Waals surface area contributed by atoms with E-state index in [0.717, 1.165) is 0 Å². The minimum absolute atomic E-state index is 0.0482. The van der Waals surface area contributed by atoms with Gasteiger partial charge < -0.3 is 14.0 Å². The number of carbonyl (C=O) groups is 2. The largest absolute Gasteiger partial charge is 0.497 e. The van der Waals surface area contributed by atoms with Crippen LogP contribution in [0.25, 0.3) is 10.9 Å². The number of aromatic nitrogens is 1. The zero-order chi connectivity index (χ0) is 14.4. The summed E-state index contributed by atoms with van der Waals surface area (Å²) in [4.78, 5) is 35.6. The van der Waals surface area contributed by atoms with Crippen LogP contribution in [0.1, 0.15) is 16.8 Å². The van der Waals surface area contributed by atoms with Crippen LogP contribution >= 0.6 is 0 Å². The number of methoxy groups -OCH3 is 1. The zero-order valence-electron chi connectivity index (χ0n) is 10.9. The lowest BCUT2D eigenvalue weighted by Crippen LogP contribution is -2.32. The molecule has 3 rings (SSSR count). The van der Waals surface area contributed by atoms with E-state index < -0.39 is 23.7 Å². The average molecular weight is 273 g/mol. The number of esters is 1. The highest BCUT2D eigenvalue weighted by molar-refractivity contribution is 6.14. The summed E-state index contributed by atoms with van der Waals surface area (Å²) in [7, 11) is 3.08. The van der Waals surface area contributed by atoms with Gasteiger partial charge in [-0.25, -0.2) is 0 Å². The molecular formula is C14H11NO5. The summed E-state index contributed by atoms with van der Waals surface area (Å²) in [6.07, 6.45) is -0.399. The van der Waals surface area contributed by atoms with Gasteiger partial charge in [0.15, 0.2) is 11.5 Å². The monoisotopic (exact) mass is 273 g/mol. The van der Waals surface area contributed by atoms with Crippen LogP contribution in [0.2, 0.25) is 0 Å². The predicted molar refractivity (Wildman–Crippen MR) is 70.3 cm³/mol. The topological polar surface area (TPSA) is 74.6 Å². The van der Waals surface area contributed by atoms with Gasteiger partial charge in [-0.1, -0.05) is 0 Å². The van der Waals surface area contributed by atoms with Crippen LogP contribution in [0.3, 0.4) is 0 Å². The molecule has 102 valence electrons. The van der Waals surface area contributed by atoms with Gasteiger partial charge in [0.25, 0.3) is 5.56 Å². The van der Waals surface area contributed by atoms with Crippen molar-refractivity contribution in [1.29, 1.82) is 0 Å². The van der Waals surface area contributed by atoms with Gasteiger partial charge in [-0.15, -0.1) is 0 Å². The highest BCUT2D eigenvalue weighted by Gasteiger charge is 2.30. The van der Waals surface area contributed by atoms with Gasteiger partial charge in [-0.2, -0.15) is 0 Å². The van der Waals surface area contributed by atoms with Crippen molar-refractivity contribution >= 4 is 22.7 Å². The number of nitrogens with zero attached hydrogens (tertiary/aromatic N) is 1. The number of Topliss-reactive ketones (excluding diaryl/α,β-unsaturated/α-hetero) is 1. The number of fused-ring (bicyclic) bond motifs is 3. The van der Waals surface area contributed by atoms with E-state index >= 15 is 0 Å². The molecule has 0 spiro atoms. The first-order chi connectivity index (χ1) is 9.52. The second kappa shape index (κ2) is 4.19. The van der Waals surface area contributed by atoms with E-state index in [1.54, 1.807) is 25.2 Å². The van der Waals surface area contributed by atoms with Gasteiger partial charge in [-0.05, 0) is 12.1 Å². The normalized spacial score (nSPS) is 14.1. The molecule has 0 fully saturated rings. The van der Waals surface area contributed by atoms with Gasteiger partial charge >= 0.3 is 5.97 Å². The molecule has 0 radical (unpaired) electrons. The van der Waals surface area contributed by atoms with E-state index in [4.69, 9.17) is 9.47 Å². The second-order valence-electron chi connectivity index (χ2n) is 4.53. The summed E-state index contributed by atoms with van der Waals surface area (Å²) >= 11 is 0. The number of ketones is 1. The first-order valence-electron chi connectivity index (χ1n) is 5.97. The molecule has 1 aliphatic rings. The number of hydrogen-bond acceptors (Lipinski definition) is 5. The lowest BCUT2D eigenvalue weighted by Gasteiger charge is -2.18. The number of ether oxygens (including phenoxy) is 2. The van der Waals surface area contributed by atoms with Crippen LogP contribution in [0.15, 0.2) is 23.0 Å². The fraction of sp³-hybridized carbons (Fsp3) is 0.214. The maximum atomic E-state index is 12.3. The van der Waals surface area contributed by atoms with Crippen LogP contribution in [-0.4, -0.2) is 23.4 Å². The van der Waals surface area contributed by atoms with Gasteiger partial charge in [0.05, 0.1) is 12.6 Å². The molecule has 1 aromatic heterocycles. The number of benzene rings is 1. The van der Waals surface area contributed by atoms with Crippen molar-refractivity contribution < 1.29 is 19.1 Å². The van der Waals surface area contributed by atoms with Crippen molar-refractivity contribution in [3.63, 3.8) is 0 Å². The minimum atomic E-state index is -0.645. The number of aryl methyl sites for hydroxylation is 1. The number of carbonyl (C=O) groups excluding carboxylic acids is 2. The number of rotatable bonds is 1. The lowest BCUT2D eigenvalue weighted by molar-refractivity contribution is -0.133. The maximum absolute atomic E-state index is 12.3. The second-order valence-corrected chi connectivity index (χ2v) is 4.53. The van der Waals surface area contributed by atoms with Crippen molar-refractivity contribution in [3.05, 3.63) is 34.1 Å². The maximum Gasteiger partial charge on any atom is 0.319 e. The van der Waals surface area contributed by atoms with Crippen molar-refractivity contribution in [2.24, 2.45) is 7.05 Å². The molecule has 2 heterocycles. The van der Waals surface area contributed by atoms with Crippen molar-refractivity contribution in [3.8, 4) is 11.5 Å². The zero-order valence-corrected chi connectivity index (χ0v) is 10.9. The Morgan fingerprint density at radius 3 is 2.70 bits per heavy atom. The van der Waals surface area contributed by atoms with E-state index in [1.807, 2.05) is 0 Å². The van der Waals surface area contributed by atoms with Crippen molar-refractivity contribution in [1.82, 2.24) is 4.57 Å². The molecule has 0 bridgehead atoms. The number of pyridine rings is 1. The van der Waals surface area contributed by atoms with Crippen molar-refractivity contribution in [2.45, 2.75) is 6.42 Å². The van der Waals surface area contributed by atoms with Crippen molar-refractivity contribution in [2.75, 3.05) is 7.11 Å². The van der Waals surface area contributed by atoms with E-state index in [2.05, 4.69) is 0 Å². The van der Waals surface area contributed by atoms with Gasteiger partial charge in [0.1, 0.15) is 17.7 Å². The van der Waals surface area contributed by atoms with Crippen LogP contribution < -0.4 is 15.0 Å². The SMILES string of the molecule is COc1ccc2c3c(c(=O)n(C)c2c1)C(=O)CC(=O)O3. The van der Waals surface area contributed by atoms with E-state index in [-0.39, 0.29) is 11.3 Å². The average Bonchev–Trinajstić information content (AvgIpc) is 2.43. The standard InChI is InChI=1S/C14H11NO5/c1-15-9-5-7(19-2)3-4-8(9)13-12(14(15)18)10(16)6-11(17)20-13/h3-5H,6H2,1-2H3. The molecule has 0 atom stereocenters. The fourth-order valence-electron chi connectivity index (χ4n) is 2.34. The predicted octanol–water partition coefficient (Wildman–Crippen LogP) is 1.04. The molecule has 6 nitrogen and oxygen atoms in total. The smallest absolute Gasteiger partial charge is 0.319 e. The molecule has 0 N–H and O–H groups in total. The Labute approximate surface area is 113 Å². The van der Waals surface area contributed by atoms with Gasteiger partial charge in [-0.3, -0.25) is 14.4 Å². The Morgan fingerprint density at radius 1 is 1.25 bits per heavy atom. The Morgan fingerprint density at radius 2 is 2.00 bits per heavy atom. The molecule has 0 amide bonds. The third-order valence-corrected chi connectivity index (χ3v) is 3.36. The molecule has 0 saturated carbocycles.